The van der Waals surface area contributed by atoms with Crippen LogP contribution in [0.1, 0.15) is 11.3 Å². The summed E-state index contributed by atoms with van der Waals surface area (Å²) >= 11 is 0. The molecule has 0 aliphatic carbocycles. The third-order valence-corrected chi connectivity index (χ3v) is 1.87. The van der Waals surface area contributed by atoms with Crippen molar-refractivity contribution < 1.29 is 9.25 Å². The van der Waals surface area contributed by atoms with Crippen LogP contribution in [-0.4, -0.2) is 6.21 Å². The molecule has 3 nitrogen and oxygen atoms in total. The van der Waals surface area contributed by atoms with Gasteiger partial charge in [0.2, 0.25) is 0 Å². The van der Waals surface area contributed by atoms with Gasteiger partial charge in [0.1, 0.15) is 18.6 Å². The lowest BCUT2D eigenvalue weighted by atomic mass is 10.2. The highest BCUT2D eigenvalue weighted by atomic mass is 16.6. The molecule has 0 spiro atoms. The van der Waals surface area contributed by atoms with Crippen LogP contribution in [0.2, 0.25) is 0 Å². The van der Waals surface area contributed by atoms with Crippen molar-refractivity contribution in [3.63, 3.8) is 0 Å². The Hall–Kier alpha value is -2.03. The van der Waals surface area contributed by atoms with Gasteiger partial charge in [-0.05, 0) is 17.7 Å². The highest BCUT2D eigenvalue weighted by molar-refractivity contribution is 5.74. The van der Waals surface area contributed by atoms with Gasteiger partial charge in [-0.25, -0.2) is 0 Å². The average molecular weight is 201 g/mol. The predicted octanol–water partition coefficient (Wildman–Crippen LogP) is 2.83. The van der Waals surface area contributed by atoms with Crippen LogP contribution < -0.4 is 0 Å². The first-order valence-corrected chi connectivity index (χ1v) is 4.68. The van der Waals surface area contributed by atoms with Crippen LogP contribution in [0, 0.1) is 0 Å². The summed E-state index contributed by atoms with van der Waals surface area (Å²) in [7, 11) is 0. The van der Waals surface area contributed by atoms with Gasteiger partial charge in [0.05, 0.1) is 6.26 Å². The number of rotatable bonds is 4. The maximum Gasteiger partial charge on any atom is 0.148 e. The van der Waals surface area contributed by atoms with Crippen LogP contribution >= 0.6 is 0 Å². The Kier molecular flexibility index (Phi) is 3.18. The van der Waals surface area contributed by atoms with E-state index in [1.54, 1.807) is 18.5 Å². The monoisotopic (exact) mass is 201 g/mol. The molecule has 0 bridgehead atoms. The van der Waals surface area contributed by atoms with Crippen molar-refractivity contribution in [3.05, 3.63) is 60.1 Å². The number of benzene rings is 1. The molecule has 0 N–H and O–H groups in total. The van der Waals surface area contributed by atoms with E-state index in [0.717, 1.165) is 5.56 Å². The predicted molar refractivity (Wildman–Crippen MR) is 57.5 cm³/mol. The van der Waals surface area contributed by atoms with Crippen molar-refractivity contribution in [3.8, 4) is 0 Å². The second-order valence-electron chi connectivity index (χ2n) is 3.01. The molecule has 0 saturated carbocycles. The molecule has 0 saturated heterocycles. The second-order valence-corrected chi connectivity index (χ2v) is 3.01. The fourth-order valence-corrected chi connectivity index (χ4v) is 1.14. The van der Waals surface area contributed by atoms with E-state index < -0.39 is 0 Å². The molecule has 3 heteroatoms. The van der Waals surface area contributed by atoms with Gasteiger partial charge in [-0.2, -0.15) is 0 Å². The lowest BCUT2D eigenvalue weighted by Crippen LogP contribution is -1.86. The zero-order chi connectivity index (χ0) is 10.3. The second kappa shape index (κ2) is 5.00. The first-order chi connectivity index (χ1) is 7.45. The van der Waals surface area contributed by atoms with E-state index in [9.17, 15) is 0 Å². The number of oxime groups is 1. The summed E-state index contributed by atoms with van der Waals surface area (Å²) in [6.45, 7) is 0.470. The topological polar surface area (TPSA) is 34.7 Å². The van der Waals surface area contributed by atoms with Crippen molar-refractivity contribution in [2.45, 2.75) is 6.61 Å². The fraction of sp³-hybridized carbons (Fsp3) is 0.0833. The van der Waals surface area contributed by atoms with Gasteiger partial charge in [0.15, 0.2) is 0 Å². The van der Waals surface area contributed by atoms with E-state index in [0.29, 0.717) is 12.4 Å². The van der Waals surface area contributed by atoms with Gasteiger partial charge in [-0.1, -0.05) is 35.5 Å². The molecule has 1 aromatic heterocycles. The van der Waals surface area contributed by atoms with Crippen LogP contribution in [0.5, 0.6) is 0 Å². The maximum absolute atomic E-state index is 5.10. The summed E-state index contributed by atoms with van der Waals surface area (Å²) in [4.78, 5) is 5.10. The molecule has 2 rings (SSSR count). The van der Waals surface area contributed by atoms with Gasteiger partial charge in [0.25, 0.3) is 0 Å². The van der Waals surface area contributed by atoms with Gasteiger partial charge in [-0.15, -0.1) is 0 Å². The molecule has 0 amide bonds. The van der Waals surface area contributed by atoms with Crippen molar-refractivity contribution in [1.82, 2.24) is 0 Å². The minimum Gasteiger partial charge on any atom is -0.463 e. The van der Waals surface area contributed by atoms with E-state index in [1.807, 2.05) is 36.4 Å². The molecule has 0 unspecified atom stereocenters. The first kappa shape index (κ1) is 9.52. The fourth-order valence-electron chi connectivity index (χ4n) is 1.14. The molecular formula is C12H11NO2. The van der Waals surface area contributed by atoms with E-state index in [-0.39, 0.29) is 0 Å². The molecule has 0 atom stereocenters. The lowest BCUT2D eigenvalue weighted by Gasteiger charge is -1.97. The standard InChI is InChI=1S/C12H11NO2/c1-2-5-11(6-3-1)10-15-13-9-12-7-4-8-14-12/h1-9H,10H2/b13-9+. The van der Waals surface area contributed by atoms with Crippen molar-refractivity contribution >= 4 is 6.21 Å². The highest BCUT2D eigenvalue weighted by Gasteiger charge is 1.90. The largest absolute Gasteiger partial charge is 0.463 e. The third-order valence-electron chi connectivity index (χ3n) is 1.87. The van der Waals surface area contributed by atoms with Gasteiger partial charge in [-0.3, -0.25) is 0 Å². The highest BCUT2D eigenvalue weighted by Crippen LogP contribution is 2.01. The van der Waals surface area contributed by atoms with E-state index in [1.165, 1.54) is 0 Å². The molecule has 0 aliphatic rings. The van der Waals surface area contributed by atoms with Crippen LogP contribution in [-0.2, 0) is 11.4 Å². The van der Waals surface area contributed by atoms with Crippen LogP contribution in [0.4, 0.5) is 0 Å². The van der Waals surface area contributed by atoms with E-state index >= 15 is 0 Å². The van der Waals surface area contributed by atoms with Gasteiger partial charge >= 0.3 is 0 Å². The summed E-state index contributed by atoms with van der Waals surface area (Å²) in [6.07, 6.45) is 3.14. The molecular weight excluding hydrogens is 190 g/mol. The Balaban J connectivity index is 1.80. The minimum atomic E-state index is 0.470. The molecule has 0 aliphatic heterocycles. The van der Waals surface area contributed by atoms with Gasteiger partial charge in [0, 0.05) is 0 Å². The molecule has 0 fully saturated rings. The lowest BCUT2D eigenvalue weighted by molar-refractivity contribution is 0.132. The Bertz CT molecular complexity index is 406. The van der Waals surface area contributed by atoms with E-state index in [4.69, 9.17) is 9.25 Å². The summed E-state index contributed by atoms with van der Waals surface area (Å²) in [5.74, 6) is 0.683. The Labute approximate surface area is 88.0 Å². The summed E-state index contributed by atoms with van der Waals surface area (Å²) < 4.78 is 5.06. The third kappa shape index (κ3) is 2.98. The summed E-state index contributed by atoms with van der Waals surface area (Å²) in [5, 5.41) is 3.79. The Morgan fingerprint density at radius 3 is 2.73 bits per heavy atom. The normalized spacial score (nSPS) is 10.7. The summed E-state index contributed by atoms with van der Waals surface area (Å²) in [5.41, 5.74) is 1.09. The molecule has 2 aromatic rings. The molecule has 1 heterocycles. The molecule has 15 heavy (non-hydrogen) atoms. The SMILES string of the molecule is C(=N\OCc1ccccc1)/c1ccco1. The van der Waals surface area contributed by atoms with Crippen molar-refractivity contribution in [2.75, 3.05) is 0 Å². The number of hydrogen-bond donors (Lipinski definition) is 0. The number of furan rings is 1. The Morgan fingerprint density at radius 2 is 2.00 bits per heavy atom. The molecule has 76 valence electrons. The zero-order valence-corrected chi connectivity index (χ0v) is 8.17. The molecule has 1 aromatic carbocycles. The van der Waals surface area contributed by atoms with Crippen LogP contribution in [0.25, 0.3) is 0 Å². The molecule has 0 radical (unpaired) electrons. The van der Waals surface area contributed by atoms with E-state index in [2.05, 4.69) is 5.16 Å². The summed E-state index contributed by atoms with van der Waals surface area (Å²) in [6, 6.07) is 13.5. The average Bonchev–Trinajstić information content (AvgIpc) is 2.79. The van der Waals surface area contributed by atoms with Gasteiger partial charge < -0.3 is 9.25 Å². The van der Waals surface area contributed by atoms with Crippen molar-refractivity contribution in [2.24, 2.45) is 5.16 Å². The van der Waals surface area contributed by atoms with Crippen LogP contribution in [0.3, 0.4) is 0 Å². The zero-order valence-electron chi connectivity index (χ0n) is 8.17. The van der Waals surface area contributed by atoms with Crippen LogP contribution in [0.15, 0.2) is 58.3 Å². The number of hydrogen-bond acceptors (Lipinski definition) is 3. The minimum absolute atomic E-state index is 0.470. The smallest absolute Gasteiger partial charge is 0.148 e. The Morgan fingerprint density at radius 1 is 1.13 bits per heavy atom. The van der Waals surface area contributed by atoms with Crippen molar-refractivity contribution in [1.29, 1.82) is 0 Å². The quantitative estimate of drug-likeness (QED) is 0.563. The maximum atomic E-state index is 5.10. The number of nitrogens with zero attached hydrogens (tertiary/aromatic N) is 1. The first-order valence-electron chi connectivity index (χ1n) is 4.68.